The van der Waals surface area contributed by atoms with E-state index >= 15 is 0 Å². The summed E-state index contributed by atoms with van der Waals surface area (Å²) in [6.45, 7) is 0. The molecule has 1 aliphatic carbocycles. The van der Waals surface area contributed by atoms with Crippen molar-refractivity contribution in [1.82, 2.24) is 0 Å². The molecule has 0 saturated carbocycles. The molecule has 0 spiro atoms. The molecular weight excluding hydrogens is 152 g/mol. The molecule has 0 bridgehead atoms. The van der Waals surface area contributed by atoms with Crippen molar-refractivity contribution in [3.8, 4) is 0 Å². The maximum absolute atomic E-state index is 10.7. The van der Waals surface area contributed by atoms with Gasteiger partial charge in [0.25, 0.3) is 0 Å². The summed E-state index contributed by atoms with van der Waals surface area (Å²) >= 11 is 0. The second-order valence-corrected chi connectivity index (χ2v) is 2.78. The molecule has 0 aromatic rings. The van der Waals surface area contributed by atoms with E-state index in [1.807, 2.05) is 0 Å². The second kappa shape index (κ2) is 2.70. The number of hydrogen-bond donors (Lipinski definition) is 0. The van der Waals surface area contributed by atoms with Crippen LogP contribution in [-0.4, -0.2) is 13.3 Å². The van der Waals surface area contributed by atoms with E-state index in [0.29, 0.717) is 0 Å². The Balaban J connectivity index is 3.19. The molecule has 1 radical (unpaired) electrons. The van der Waals surface area contributed by atoms with E-state index in [-0.39, 0.29) is 11.3 Å². The molecule has 0 amide bonds. The average Bonchev–Trinajstić information content (AvgIpc) is 1.88. The second-order valence-electron chi connectivity index (χ2n) is 1.82. The molecule has 0 saturated heterocycles. The van der Waals surface area contributed by atoms with Gasteiger partial charge in [0.2, 0.25) is 10.3 Å². The predicted molar refractivity (Wildman–Crippen MR) is 36.5 cm³/mol. The molecule has 1 rings (SSSR count). The van der Waals surface area contributed by atoms with Gasteiger partial charge in [-0.15, -0.1) is 0 Å². The Labute approximate surface area is 59.8 Å². The molecule has 0 fully saturated rings. The highest BCUT2D eigenvalue weighted by atomic mass is 32.2. The lowest BCUT2D eigenvalue weighted by molar-refractivity contribution is 0.325. The third-order valence-electron chi connectivity index (χ3n) is 1.16. The van der Waals surface area contributed by atoms with E-state index in [4.69, 9.17) is 0 Å². The van der Waals surface area contributed by atoms with E-state index in [0.717, 1.165) is 0 Å². The summed E-state index contributed by atoms with van der Waals surface area (Å²) in [6, 6.07) is 0. The van der Waals surface area contributed by atoms with Crippen LogP contribution in [0.5, 0.6) is 0 Å². The Morgan fingerprint density at radius 3 is 2.50 bits per heavy atom. The minimum absolute atomic E-state index is 0.0532. The molecule has 3 nitrogen and oxygen atoms in total. The van der Waals surface area contributed by atoms with Crippen LogP contribution in [0, 0.1) is 0 Å². The van der Waals surface area contributed by atoms with Crippen LogP contribution in [0.3, 0.4) is 0 Å². The molecule has 0 unspecified atom stereocenters. The summed E-state index contributed by atoms with van der Waals surface area (Å²) in [5.41, 5.74) is 0. The Bertz CT molecular complexity index is 311. The highest BCUT2D eigenvalue weighted by Crippen LogP contribution is 2.05. The summed E-state index contributed by atoms with van der Waals surface area (Å²) in [4.78, 5) is -0.0532. The van der Waals surface area contributed by atoms with Gasteiger partial charge >= 0.3 is 0 Å². The van der Waals surface area contributed by atoms with Crippen molar-refractivity contribution in [2.45, 2.75) is 6.42 Å². The molecule has 0 N–H and O–H groups in total. The van der Waals surface area contributed by atoms with E-state index in [1.165, 1.54) is 6.08 Å². The zero-order chi connectivity index (χ0) is 7.56. The highest BCUT2D eigenvalue weighted by Gasteiger charge is 2.09. The molecule has 0 aliphatic heterocycles. The van der Waals surface area contributed by atoms with Gasteiger partial charge < -0.3 is 0 Å². The van der Waals surface area contributed by atoms with E-state index in [1.54, 1.807) is 12.2 Å². The van der Waals surface area contributed by atoms with Crippen LogP contribution in [-0.2, 0) is 15.4 Å². The molecule has 0 aromatic heterocycles. The Morgan fingerprint density at radius 2 is 2.10 bits per heavy atom. The first kappa shape index (κ1) is 7.08. The van der Waals surface area contributed by atoms with Gasteiger partial charge in [0, 0.05) is 6.42 Å². The zero-order valence-electron chi connectivity index (χ0n) is 5.07. The van der Waals surface area contributed by atoms with Crippen molar-refractivity contribution in [2.24, 2.45) is 0 Å². The van der Waals surface area contributed by atoms with E-state index < -0.39 is 16.1 Å². The predicted octanol–water partition coefficient (Wildman–Crippen LogP) is 0.312. The van der Waals surface area contributed by atoms with Gasteiger partial charge in [-0.3, -0.25) is 5.11 Å². The lowest BCUT2D eigenvalue weighted by atomic mass is 10.2. The summed E-state index contributed by atoms with van der Waals surface area (Å²) in [6.07, 6.45) is 4.66. The van der Waals surface area contributed by atoms with Crippen molar-refractivity contribution < 1.29 is 13.5 Å². The molecule has 0 aromatic carbocycles. The molecule has 0 heterocycles. The Kier molecular flexibility index (Phi) is 1.91. The molecule has 1 aliphatic rings. The average molecular weight is 157 g/mol. The van der Waals surface area contributed by atoms with Crippen molar-refractivity contribution in [3.63, 3.8) is 0 Å². The first-order valence-corrected chi connectivity index (χ1v) is 3.78. The Morgan fingerprint density at radius 1 is 1.40 bits per heavy atom. The first-order valence-electron chi connectivity index (χ1n) is 2.71. The van der Waals surface area contributed by atoms with Crippen LogP contribution in [0.2, 0.25) is 0 Å². The van der Waals surface area contributed by atoms with Gasteiger partial charge in [-0.25, -0.2) is 0 Å². The van der Waals surface area contributed by atoms with Crippen LogP contribution in [0.1, 0.15) is 6.42 Å². The van der Waals surface area contributed by atoms with Crippen molar-refractivity contribution >= 4 is 15.2 Å². The van der Waals surface area contributed by atoms with Gasteiger partial charge in [0.05, 0.1) is 0 Å². The van der Waals surface area contributed by atoms with Gasteiger partial charge in [0.1, 0.15) is 4.86 Å². The molecule has 0 atom stereocenters. The quantitative estimate of drug-likeness (QED) is 0.475. The fourth-order valence-electron chi connectivity index (χ4n) is 0.674. The lowest BCUT2D eigenvalue weighted by Gasteiger charge is -1.96. The van der Waals surface area contributed by atoms with E-state index in [2.05, 4.69) is 0 Å². The van der Waals surface area contributed by atoms with Crippen molar-refractivity contribution in [2.75, 3.05) is 0 Å². The third kappa shape index (κ3) is 1.27. The minimum Gasteiger partial charge on any atom is -0.289 e. The summed E-state index contributed by atoms with van der Waals surface area (Å²) in [5, 5.41) is 10.7. The largest absolute Gasteiger partial charge is 0.289 e. The first-order chi connectivity index (χ1) is 4.72. The maximum atomic E-state index is 10.7. The topological polar surface area (TPSA) is 54.0 Å². The van der Waals surface area contributed by atoms with Crippen LogP contribution >= 0.6 is 0 Å². The number of allylic oxidation sites excluding steroid dienone is 4. The smallest absolute Gasteiger partial charge is 0.221 e. The van der Waals surface area contributed by atoms with Gasteiger partial charge in [-0.1, -0.05) is 12.2 Å². The van der Waals surface area contributed by atoms with Crippen molar-refractivity contribution in [3.05, 3.63) is 24.0 Å². The van der Waals surface area contributed by atoms with Crippen LogP contribution in [0.15, 0.2) is 24.0 Å². The molecule has 4 heteroatoms. The molecular formula is C6H5O3S. The van der Waals surface area contributed by atoms with Gasteiger partial charge in [0.15, 0.2) is 5.76 Å². The van der Waals surface area contributed by atoms with Crippen LogP contribution < -0.4 is 0 Å². The van der Waals surface area contributed by atoms with Gasteiger partial charge in [-0.05, 0) is 6.08 Å². The fourth-order valence-corrected chi connectivity index (χ4v) is 1.14. The highest BCUT2D eigenvalue weighted by molar-refractivity contribution is 7.73. The molecule has 10 heavy (non-hydrogen) atoms. The number of hydrogen-bond acceptors (Lipinski definition) is 2. The van der Waals surface area contributed by atoms with Crippen LogP contribution in [0.25, 0.3) is 0 Å². The summed E-state index contributed by atoms with van der Waals surface area (Å²) in [5.74, 6) is -0.407. The minimum atomic E-state index is -2.35. The van der Waals surface area contributed by atoms with Crippen LogP contribution in [0.4, 0.5) is 0 Å². The summed E-state index contributed by atoms with van der Waals surface area (Å²) in [7, 11) is -2.35. The summed E-state index contributed by atoms with van der Waals surface area (Å²) < 4.78 is 20.5. The standard InChI is InChI=1S/C6H5O3S/c7-5-3-1-2-4-6(5)10(8)9/h1-3H,4H2. The zero-order valence-corrected chi connectivity index (χ0v) is 5.89. The fraction of sp³-hybridized carbons (Fsp3) is 0.167. The lowest BCUT2D eigenvalue weighted by Crippen LogP contribution is -2.03. The third-order valence-corrected chi connectivity index (χ3v) is 1.93. The Hall–Kier alpha value is -1.03. The monoisotopic (exact) mass is 157 g/mol. The van der Waals surface area contributed by atoms with Gasteiger partial charge in [-0.2, -0.15) is 8.42 Å². The SMILES string of the molecule is [O]C1=CC=CCC1=S(=O)=O. The normalized spacial score (nSPS) is 16.8. The van der Waals surface area contributed by atoms with Crippen molar-refractivity contribution in [1.29, 1.82) is 0 Å². The number of rotatable bonds is 0. The van der Waals surface area contributed by atoms with E-state index in [9.17, 15) is 13.5 Å². The maximum Gasteiger partial charge on any atom is 0.221 e. The molecule has 53 valence electrons.